The van der Waals surface area contributed by atoms with Gasteiger partial charge >= 0.3 is 0 Å². The molecule has 0 aromatic carbocycles. The van der Waals surface area contributed by atoms with Crippen LogP contribution >= 0.6 is 0 Å². The molecule has 10 nitrogen and oxygen atoms in total. The van der Waals surface area contributed by atoms with E-state index in [1.54, 1.807) is 0 Å². The van der Waals surface area contributed by atoms with Crippen molar-refractivity contribution in [2.45, 2.75) is 82.2 Å². The summed E-state index contributed by atoms with van der Waals surface area (Å²) < 4.78 is 33.6. The van der Waals surface area contributed by atoms with Gasteiger partial charge in [-0.1, -0.05) is 25.7 Å². The molecule has 0 radical (unpaired) electrons. The first-order chi connectivity index (χ1) is 18.4. The topological polar surface area (TPSA) is 110 Å². The van der Waals surface area contributed by atoms with Crippen molar-refractivity contribution in [2.24, 2.45) is 0 Å². The Labute approximate surface area is 225 Å². The van der Waals surface area contributed by atoms with Crippen LogP contribution in [-0.4, -0.2) is 85.7 Å². The maximum Gasteiger partial charge on any atom is 0.283 e. The number of ether oxygens (including phenoxy) is 1. The normalized spacial score (nSPS) is 23.0. The molecule has 0 bridgehead atoms. The second-order valence-electron chi connectivity index (χ2n) is 11.5. The number of hydrogen-bond donors (Lipinski definition) is 1. The first kappa shape index (κ1) is 26.0. The maximum atomic E-state index is 13.1. The third-order valence-electron chi connectivity index (χ3n) is 8.96. The Balaban J connectivity index is 1.41. The summed E-state index contributed by atoms with van der Waals surface area (Å²) in [5, 5.41) is 6.28. The molecule has 1 N–H and O–H groups in total. The van der Waals surface area contributed by atoms with Gasteiger partial charge in [-0.05, 0) is 44.6 Å². The van der Waals surface area contributed by atoms with Gasteiger partial charge in [0.25, 0.3) is 5.91 Å². The van der Waals surface area contributed by atoms with Crippen molar-refractivity contribution in [1.29, 1.82) is 0 Å². The van der Waals surface area contributed by atoms with Gasteiger partial charge in [0.2, 0.25) is 10.0 Å². The fourth-order valence-electron chi connectivity index (χ4n) is 6.69. The number of morpholine rings is 1. The fraction of sp³-hybridized carbons (Fsp3) is 0.741. The molecule has 6 rings (SSSR count). The summed E-state index contributed by atoms with van der Waals surface area (Å²) in [6.07, 6.45) is 12.3. The molecular formula is C27H40N6O4S. The lowest BCUT2D eigenvalue weighted by Gasteiger charge is -2.41. The number of hydrogen-bond acceptors (Lipinski definition) is 8. The highest BCUT2D eigenvalue weighted by Crippen LogP contribution is 2.44. The number of amides is 1. The number of pyridine rings is 1. The van der Waals surface area contributed by atoms with Gasteiger partial charge in [0, 0.05) is 38.1 Å². The number of carbonyl (C=O) groups is 1. The standard InChI is InChI=1S/C27H40N6O4S/c1-38(35,36)30-27(34)22-18-23(32-12-10-20(11-13-32)31-14-16-37-17-15-31)24-25(19-6-5-7-19)29-33(26(24)28-22)21-8-3-2-4-9-21/h18-21H,2-17H2,1H3,(H,30,34). The zero-order valence-electron chi connectivity index (χ0n) is 22.4. The molecule has 2 saturated carbocycles. The highest BCUT2D eigenvalue weighted by atomic mass is 32.2. The summed E-state index contributed by atoms with van der Waals surface area (Å²) >= 11 is 0. The molecule has 208 valence electrons. The summed E-state index contributed by atoms with van der Waals surface area (Å²) in [6.45, 7) is 5.34. The molecule has 4 heterocycles. The van der Waals surface area contributed by atoms with E-state index in [1.165, 1.54) is 25.7 Å². The molecular weight excluding hydrogens is 504 g/mol. The summed E-state index contributed by atoms with van der Waals surface area (Å²) in [6, 6.07) is 2.62. The van der Waals surface area contributed by atoms with E-state index in [9.17, 15) is 13.2 Å². The first-order valence-electron chi connectivity index (χ1n) is 14.4. The van der Waals surface area contributed by atoms with Crippen LogP contribution in [0.15, 0.2) is 6.07 Å². The van der Waals surface area contributed by atoms with Gasteiger partial charge in [-0.3, -0.25) is 9.69 Å². The van der Waals surface area contributed by atoms with Crippen molar-refractivity contribution in [3.05, 3.63) is 17.5 Å². The van der Waals surface area contributed by atoms with E-state index in [4.69, 9.17) is 14.8 Å². The summed E-state index contributed by atoms with van der Waals surface area (Å²) in [4.78, 5) is 22.8. The third-order valence-corrected chi connectivity index (χ3v) is 9.51. The molecule has 0 unspecified atom stereocenters. The van der Waals surface area contributed by atoms with Crippen molar-refractivity contribution in [3.8, 4) is 0 Å². The Hall–Kier alpha value is -2.24. The van der Waals surface area contributed by atoms with E-state index in [0.29, 0.717) is 12.0 Å². The summed E-state index contributed by atoms with van der Waals surface area (Å²) in [7, 11) is -3.71. The number of sulfonamides is 1. The quantitative estimate of drug-likeness (QED) is 0.591. The number of carbonyl (C=O) groups excluding carboxylic acids is 1. The van der Waals surface area contributed by atoms with Crippen LogP contribution in [0.2, 0.25) is 0 Å². The molecule has 0 atom stereocenters. The van der Waals surface area contributed by atoms with Crippen LogP contribution in [-0.2, 0) is 14.8 Å². The monoisotopic (exact) mass is 544 g/mol. The average Bonchev–Trinajstić information content (AvgIpc) is 3.26. The van der Waals surface area contributed by atoms with Crippen LogP contribution in [0.3, 0.4) is 0 Å². The Bertz CT molecular complexity index is 1270. The Morgan fingerprint density at radius 1 is 0.947 bits per heavy atom. The van der Waals surface area contributed by atoms with Crippen molar-refractivity contribution in [2.75, 3.05) is 50.5 Å². The van der Waals surface area contributed by atoms with E-state index >= 15 is 0 Å². The van der Waals surface area contributed by atoms with E-state index in [1.807, 2.05) is 6.07 Å². The van der Waals surface area contributed by atoms with E-state index in [2.05, 4.69) is 19.2 Å². The molecule has 1 amide bonds. The Kier molecular flexibility index (Phi) is 7.34. The molecule has 2 aliphatic carbocycles. The molecule has 38 heavy (non-hydrogen) atoms. The molecule has 2 aliphatic heterocycles. The number of rotatable bonds is 6. The zero-order valence-corrected chi connectivity index (χ0v) is 23.2. The molecule has 2 saturated heterocycles. The minimum Gasteiger partial charge on any atom is -0.379 e. The second-order valence-corrected chi connectivity index (χ2v) is 13.3. The highest BCUT2D eigenvalue weighted by molar-refractivity contribution is 7.89. The van der Waals surface area contributed by atoms with Crippen LogP contribution in [0, 0.1) is 0 Å². The van der Waals surface area contributed by atoms with E-state index < -0.39 is 15.9 Å². The molecule has 2 aromatic heterocycles. The minimum absolute atomic E-state index is 0.144. The lowest BCUT2D eigenvalue weighted by atomic mass is 9.82. The SMILES string of the molecule is CS(=O)(=O)NC(=O)c1cc(N2CCC(N3CCOCC3)CC2)c2c(C3CCC3)nn(C3CCCCC3)c2n1. The van der Waals surface area contributed by atoms with Crippen molar-refractivity contribution in [3.63, 3.8) is 0 Å². The van der Waals surface area contributed by atoms with Gasteiger partial charge in [-0.25, -0.2) is 22.8 Å². The fourth-order valence-corrected chi connectivity index (χ4v) is 7.13. The Morgan fingerprint density at radius 3 is 2.29 bits per heavy atom. The van der Waals surface area contributed by atoms with E-state index in [0.717, 1.165) is 107 Å². The third kappa shape index (κ3) is 5.29. The van der Waals surface area contributed by atoms with Crippen LogP contribution in [0.4, 0.5) is 5.69 Å². The molecule has 2 aromatic rings. The lowest BCUT2D eigenvalue weighted by molar-refractivity contribution is 0.0115. The van der Waals surface area contributed by atoms with Gasteiger partial charge in [-0.2, -0.15) is 5.10 Å². The van der Waals surface area contributed by atoms with Crippen molar-refractivity contribution in [1.82, 2.24) is 24.4 Å². The lowest BCUT2D eigenvalue weighted by Crippen LogP contribution is -2.49. The molecule has 11 heteroatoms. The van der Waals surface area contributed by atoms with Gasteiger partial charge in [-0.15, -0.1) is 0 Å². The predicted octanol–water partition coefficient (Wildman–Crippen LogP) is 3.19. The average molecular weight is 545 g/mol. The summed E-state index contributed by atoms with van der Waals surface area (Å²) in [5.41, 5.74) is 2.98. The number of nitrogens with zero attached hydrogens (tertiary/aromatic N) is 5. The van der Waals surface area contributed by atoms with Crippen LogP contribution < -0.4 is 9.62 Å². The molecule has 4 aliphatic rings. The minimum atomic E-state index is -3.71. The number of fused-ring (bicyclic) bond motifs is 1. The maximum absolute atomic E-state index is 13.1. The van der Waals surface area contributed by atoms with Gasteiger partial charge in [0.1, 0.15) is 5.69 Å². The number of aromatic nitrogens is 3. The predicted molar refractivity (Wildman–Crippen MR) is 146 cm³/mol. The highest BCUT2D eigenvalue weighted by Gasteiger charge is 2.34. The largest absolute Gasteiger partial charge is 0.379 e. The number of piperidine rings is 1. The van der Waals surface area contributed by atoms with Crippen LogP contribution in [0.25, 0.3) is 11.0 Å². The first-order valence-corrected chi connectivity index (χ1v) is 16.3. The van der Waals surface area contributed by atoms with Gasteiger partial charge in [0.15, 0.2) is 5.65 Å². The van der Waals surface area contributed by atoms with Crippen molar-refractivity contribution >= 4 is 32.7 Å². The van der Waals surface area contributed by atoms with Crippen LogP contribution in [0.5, 0.6) is 0 Å². The number of anilines is 1. The number of nitrogens with one attached hydrogen (secondary N) is 1. The second kappa shape index (κ2) is 10.7. The van der Waals surface area contributed by atoms with Gasteiger partial charge < -0.3 is 9.64 Å². The summed E-state index contributed by atoms with van der Waals surface area (Å²) in [5.74, 6) is -0.259. The van der Waals surface area contributed by atoms with Gasteiger partial charge in [0.05, 0.1) is 42.3 Å². The zero-order chi connectivity index (χ0) is 26.3. The smallest absolute Gasteiger partial charge is 0.283 e. The Morgan fingerprint density at radius 2 is 1.66 bits per heavy atom. The van der Waals surface area contributed by atoms with Crippen molar-refractivity contribution < 1.29 is 17.9 Å². The van der Waals surface area contributed by atoms with E-state index in [-0.39, 0.29) is 11.7 Å². The molecule has 0 spiro atoms. The van der Waals surface area contributed by atoms with Crippen LogP contribution in [0.1, 0.15) is 92.4 Å². The molecule has 4 fully saturated rings.